The van der Waals surface area contributed by atoms with Crippen LogP contribution in [0.25, 0.3) is 0 Å². The zero-order valence-corrected chi connectivity index (χ0v) is 8.62. The highest BCUT2D eigenvalue weighted by Gasteiger charge is 2.50. The summed E-state index contributed by atoms with van der Waals surface area (Å²) in [7, 11) is 0. The summed E-state index contributed by atoms with van der Waals surface area (Å²) in [6.45, 7) is 4.42. The molecule has 0 bridgehead atoms. The number of rotatable bonds is 1. The van der Waals surface area contributed by atoms with E-state index < -0.39 is 0 Å². The van der Waals surface area contributed by atoms with Crippen LogP contribution in [0.15, 0.2) is 24.5 Å². The SMILES string of the molecule is CC1(C)CC(C#N)(c2ccncc2)C1. The molecule has 14 heavy (non-hydrogen) atoms. The van der Waals surface area contributed by atoms with Crippen LogP contribution < -0.4 is 0 Å². The molecule has 1 fully saturated rings. The van der Waals surface area contributed by atoms with E-state index in [4.69, 9.17) is 0 Å². The summed E-state index contributed by atoms with van der Waals surface area (Å²) in [6, 6.07) is 6.37. The Morgan fingerprint density at radius 3 is 2.29 bits per heavy atom. The number of nitrogens with zero attached hydrogens (tertiary/aromatic N) is 2. The minimum absolute atomic E-state index is 0.244. The number of pyridine rings is 1. The van der Waals surface area contributed by atoms with Crippen LogP contribution in [0.4, 0.5) is 0 Å². The van der Waals surface area contributed by atoms with Crippen LogP contribution in [0.3, 0.4) is 0 Å². The molecule has 1 heterocycles. The van der Waals surface area contributed by atoms with Crippen molar-refractivity contribution in [3.05, 3.63) is 30.1 Å². The van der Waals surface area contributed by atoms with E-state index in [1.807, 2.05) is 12.1 Å². The lowest BCUT2D eigenvalue weighted by Gasteiger charge is -2.49. The molecule has 72 valence electrons. The van der Waals surface area contributed by atoms with Gasteiger partial charge < -0.3 is 0 Å². The molecule has 0 N–H and O–H groups in total. The number of hydrogen-bond acceptors (Lipinski definition) is 2. The molecule has 0 saturated heterocycles. The lowest BCUT2D eigenvalue weighted by Crippen LogP contribution is -2.45. The fourth-order valence-electron chi connectivity index (χ4n) is 2.60. The number of nitriles is 1. The van der Waals surface area contributed by atoms with Crippen molar-refractivity contribution in [2.24, 2.45) is 5.41 Å². The second-order valence-electron chi connectivity index (χ2n) is 4.95. The van der Waals surface area contributed by atoms with Crippen molar-refractivity contribution in [1.82, 2.24) is 4.98 Å². The normalized spacial score (nSPS) is 22.1. The van der Waals surface area contributed by atoms with Gasteiger partial charge in [0.2, 0.25) is 0 Å². The Morgan fingerprint density at radius 2 is 1.86 bits per heavy atom. The minimum atomic E-state index is -0.244. The van der Waals surface area contributed by atoms with Gasteiger partial charge in [0, 0.05) is 12.4 Å². The van der Waals surface area contributed by atoms with Crippen LogP contribution in [0.2, 0.25) is 0 Å². The van der Waals surface area contributed by atoms with Gasteiger partial charge in [0.1, 0.15) is 0 Å². The molecule has 0 spiro atoms. The van der Waals surface area contributed by atoms with Gasteiger partial charge in [-0.05, 0) is 36.0 Å². The number of aromatic nitrogens is 1. The van der Waals surface area contributed by atoms with E-state index in [1.165, 1.54) is 0 Å². The summed E-state index contributed by atoms with van der Waals surface area (Å²) >= 11 is 0. The van der Waals surface area contributed by atoms with Crippen molar-refractivity contribution in [1.29, 1.82) is 5.26 Å². The van der Waals surface area contributed by atoms with Crippen molar-refractivity contribution < 1.29 is 0 Å². The van der Waals surface area contributed by atoms with Crippen LogP contribution in [0, 0.1) is 16.7 Å². The first-order valence-corrected chi connectivity index (χ1v) is 4.90. The van der Waals surface area contributed by atoms with Gasteiger partial charge in [0.15, 0.2) is 0 Å². The predicted molar refractivity (Wildman–Crippen MR) is 54.5 cm³/mol. The highest BCUT2D eigenvalue weighted by Crippen LogP contribution is 2.54. The molecule has 1 aromatic heterocycles. The van der Waals surface area contributed by atoms with E-state index in [-0.39, 0.29) is 5.41 Å². The quantitative estimate of drug-likeness (QED) is 0.676. The summed E-state index contributed by atoms with van der Waals surface area (Å²) in [4.78, 5) is 3.98. The van der Waals surface area contributed by atoms with E-state index in [0.29, 0.717) is 5.41 Å². The van der Waals surface area contributed by atoms with Crippen LogP contribution >= 0.6 is 0 Å². The molecule has 1 aromatic rings. The van der Waals surface area contributed by atoms with Gasteiger partial charge in [-0.1, -0.05) is 13.8 Å². The molecular weight excluding hydrogens is 172 g/mol. The van der Waals surface area contributed by atoms with Gasteiger partial charge >= 0.3 is 0 Å². The summed E-state index contributed by atoms with van der Waals surface area (Å²) < 4.78 is 0. The van der Waals surface area contributed by atoms with Gasteiger partial charge in [0.05, 0.1) is 11.5 Å². The van der Waals surface area contributed by atoms with E-state index in [0.717, 1.165) is 18.4 Å². The maximum atomic E-state index is 9.25. The van der Waals surface area contributed by atoms with Crippen molar-refractivity contribution in [3.63, 3.8) is 0 Å². The third-order valence-corrected chi connectivity index (χ3v) is 3.01. The Hall–Kier alpha value is -1.36. The maximum Gasteiger partial charge on any atom is 0.0833 e. The molecule has 2 nitrogen and oxygen atoms in total. The Kier molecular flexibility index (Phi) is 1.85. The predicted octanol–water partition coefficient (Wildman–Crippen LogP) is 2.66. The second kappa shape index (κ2) is 2.81. The Morgan fingerprint density at radius 1 is 1.29 bits per heavy atom. The third kappa shape index (κ3) is 1.29. The molecule has 1 aliphatic carbocycles. The Labute approximate surface area is 84.6 Å². The second-order valence-corrected chi connectivity index (χ2v) is 4.95. The molecule has 0 aromatic carbocycles. The van der Waals surface area contributed by atoms with Gasteiger partial charge in [-0.2, -0.15) is 5.26 Å². The van der Waals surface area contributed by atoms with Gasteiger partial charge in [-0.3, -0.25) is 4.98 Å². The zero-order valence-electron chi connectivity index (χ0n) is 8.62. The minimum Gasteiger partial charge on any atom is -0.265 e. The molecule has 0 atom stereocenters. The summed E-state index contributed by atoms with van der Waals surface area (Å²) in [5.41, 5.74) is 1.19. The molecular formula is C12H14N2. The molecule has 2 rings (SSSR count). The average molecular weight is 186 g/mol. The molecule has 0 aliphatic heterocycles. The van der Waals surface area contributed by atoms with Crippen LogP contribution in [-0.4, -0.2) is 4.98 Å². The smallest absolute Gasteiger partial charge is 0.0833 e. The maximum absolute atomic E-state index is 9.25. The Balaban J connectivity index is 2.31. The van der Waals surface area contributed by atoms with E-state index >= 15 is 0 Å². The third-order valence-electron chi connectivity index (χ3n) is 3.01. The van der Waals surface area contributed by atoms with Gasteiger partial charge in [0.25, 0.3) is 0 Å². The summed E-state index contributed by atoms with van der Waals surface area (Å²) in [6.07, 6.45) is 5.44. The molecule has 0 unspecified atom stereocenters. The fourth-order valence-corrected chi connectivity index (χ4v) is 2.60. The molecule has 2 heteroatoms. The van der Waals surface area contributed by atoms with E-state index in [9.17, 15) is 5.26 Å². The largest absolute Gasteiger partial charge is 0.265 e. The van der Waals surface area contributed by atoms with Gasteiger partial charge in [-0.15, -0.1) is 0 Å². The lowest BCUT2D eigenvalue weighted by atomic mass is 9.53. The summed E-state index contributed by atoms with van der Waals surface area (Å²) in [5, 5.41) is 9.25. The first-order chi connectivity index (χ1) is 6.58. The van der Waals surface area contributed by atoms with Crippen molar-refractivity contribution in [2.75, 3.05) is 0 Å². The number of hydrogen-bond donors (Lipinski definition) is 0. The molecule has 0 amide bonds. The van der Waals surface area contributed by atoms with Crippen LogP contribution in [-0.2, 0) is 5.41 Å². The van der Waals surface area contributed by atoms with Gasteiger partial charge in [-0.25, -0.2) is 0 Å². The van der Waals surface area contributed by atoms with Crippen LogP contribution in [0.5, 0.6) is 0 Å². The molecule has 1 aliphatic rings. The fraction of sp³-hybridized carbons (Fsp3) is 0.500. The topological polar surface area (TPSA) is 36.7 Å². The first-order valence-electron chi connectivity index (χ1n) is 4.90. The molecule has 1 saturated carbocycles. The Bertz CT molecular complexity index is 365. The first kappa shape index (κ1) is 9.21. The lowest BCUT2D eigenvalue weighted by molar-refractivity contribution is 0.0998. The van der Waals surface area contributed by atoms with Crippen molar-refractivity contribution in [2.45, 2.75) is 32.1 Å². The van der Waals surface area contributed by atoms with E-state index in [1.54, 1.807) is 12.4 Å². The standard InChI is InChI=1S/C12H14N2/c1-11(2)7-12(8-11,9-13)10-3-5-14-6-4-10/h3-6H,7-8H2,1-2H3. The average Bonchev–Trinajstić information content (AvgIpc) is 2.15. The highest BCUT2D eigenvalue weighted by atomic mass is 14.6. The monoisotopic (exact) mass is 186 g/mol. The zero-order chi connectivity index (χ0) is 10.2. The van der Waals surface area contributed by atoms with E-state index in [2.05, 4.69) is 24.9 Å². The highest BCUT2D eigenvalue weighted by molar-refractivity contribution is 5.35. The van der Waals surface area contributed by atoms with Crippen LogP contribution in [0.1, 0.15) is 32.3 Å². The summed E-state index contributed by atoms with van der Waals surface area (Å²) in [5.74, 6) is 0. The van der Waals surface area contributed by atoms with Crippen molar-refractivity contribution in [3.8, 4) is 6.07 Å². The van der Waals surface area contributed by atoms with Crippen molar-refractivity contribution >= 4 is 0 Å². The molecule has 0 radical (unpaired) electrons.